The molecule has 0 bridgehead atoms. The molecule has 4 nitrogen and oxygen atoms in total. The molecule has 0 aromatic carbocycles. The van der Waals surface area contributed by atoms with Gasteiger partial charge < -0.3 is 9.47 Å². The maximum absolute atomic E-state index is 11.1. The van der Waals surface area contributed by atoms with Gasteiger partial charge in [-0.3, -0.25) is 0 Å². The molecule has 4 heteroatoms. The first-order chi connectivity index (χ1) is 7.72. The van der Waals surface area contributed by atoms with E-state index in [2.05, 4.69) is 11.7 Å². The van der Waals surface area contributed by atoms with Crippen molar-refractivity contribution in [3.8, 4) is 0 Å². The highest BCUT2D eigenvalue weighted by Gasteiger charge is 2.14. The van der Waals surface area contributed by atoms with Crippen molar-refractivity contribution in [3.05, 3.63) is 0 Å². The summed E-state index contributed by atoms with van der Waals surface area (Å²) < 4.78 is 9.25. The van der Waals surface area contributed by atoms with Crippen LogP contribution in [-0.2, 0) is 19.1 Å². The molecule has 93 valence electrons. The van der Waals surface area contributed by atoms with Crippen LogP contribution in [0.5, 0.6) is 0 Å². The first kappa shape index (κ1) is 14.9. The van der Waals surface area contributed by atoms with Crippen LogP contribution in [0.3, 0.4) is 0 Å². The minimum Gasteiger partial charge on any atom is -0.463 e. The number of rotatable bonds is 10. The van der Waals surface area contributed by atoms with Crippen molar-refractivity contribution in [1.29, 1.82) is 0 Å². The van der Waals surface area contributed by atoms with Crippen molar-refractivity contribution in [2.24, 2.45) is 0 Å². The Morgan fingerprint density at radius 3 is 2.44 bits per heavy atom. The number of esters is 1. The average molecular weight is 229 g/mol. The van der Waals surface area contributed by atoms with Gasteiger partial charge in [-0.05, 0) is 13.3 Å². The van der Waals surface area contributed by atoms with Crippen molar-refractivity contribution in [3.63, 3.8) is 0 Å². The van der Waals surface area contributed by atoms with Gasteiger partial charge in [0.25, 0.3) is 0 Å². The summed E-state index contributed by atoms with van der Waals surface area (Å²) in [5, 5.41) is 0. The van der Waals surface area contributed by atoms with Crippen LogP contribution in [0.15, 0.2) is 0 Å². The Hall–Kier alpha value is -1.06. The summed E-state index contributed by atoms with van der Waals surface area (Å²) in [5.74, 6) is -0.503. The molecular weight excluding hydrogens is 208 g/mol. The fourth-order valence-electron chi connectivity index (χ4n) is 1.29. The highest BCUT2D eigenvalue weighted by Crippen LogP contribution is 2.05. The quantitative estimate of drug-likeness (QED) is 0.426. The van der Waals surface area contributed by atoms with Gasteiger partial charge in [-0.25, -0.2) is 9.59 Å². The van der Waals surface area contributed by atoms with Gasteiger partial charge in [0.15, 0.2) is 6.10 Å². The van der Waals surface area contributed by atoms with Crippen LogP contribution < -0.4 is 0 Å². The SMILES string of the molecule is CCCCCCCCOC(=O)C(C)O[C]=O. The molecule has 0 aromatic heterocycles. The van der Waals surface area contributed by atoms with E-state index in [4.69, 9.17) is 4.74 Å². The molecule has 0 saturated heterocycles. The molecule has 0 N–H and O–H groups in total. The summed E-state index contributed by atoms with van der Waals surface area (Å²) in [7, 11) is 0. The largest absolute Gasteiger partial charge is 0.463 e. The monoisotopic (exact) mass is 229 g/mol. The van der Waals surface area contributed by atoms with Crippen LogP contribution in [0.4, 0.5) is 0 Å². The van der Waals surface area contributed by atoms with E-state index >= 15 is 0 Å². The molecule has 0 aromatic rings. The zero-order valence-corrected chi connectivity index (χ0v) is 10.2. The lowest BCUT2D eigenvalue weighted by atomic mass is 10.1. The van der Waals surface area contributed by atoms with Crippen molar-refractivity contribution >= 4 is 12.4 Å². The Bertz CT molecular complexity index is 191. The normalized spacial score (nSPS) is 11.9. The molecule has 0 heterocycles. The molecule has 0 aliphatic rings. The van der Waals surface area contributed by atoms with E-state index in [-0.39, 0.29) is 0 Å². The third kappa shape index (κ3) is 8.26. The smallest absolute Gasteiger partial charge is 0.418 e. The lowest BCUT2D eigenvalue weighted by Gasteiger charge is -2.08. The molecule has 0 rings (SSSR count). The Morgan fingerprint density at radius 2 is 1.81 bits per heavy atom. The van der Waals surface area contributed by atoms with Gasteiger partial charge in [0.2, 0.25) is 0 Å². The second-order valence-electron chi connectivity index (χ2n) is 3.78. The second kappa shape index (κ2) is 10.5. The molecule has 0 fully saturated rings. The predicted molar refractivity (Wildman–Crippen MR) is 60.6 cm³/mol. The molecule has 16 heavy (non-hydrogen) atoms. The third-order valence-corrected chi connectivity index (χ3v) is 2.30. The van der Waals surface area contributed by atoms with Crippen LogP contribution in [0.1, 0.15) is 52.4 Å². The van der Waals surface area contributed by atoms with E-state index < -0.39 is 12.1 Å². The Morgan fingerprint density at radius 1 is 1.19 bits per heavy atom. The fourth-order valence-corrected chi connectivity index (χ4v) is 1.29. The molecule has 0 aliphatic carbocycles. The molecule has 1 atom stereocenters. The lowest BCUT2D eigenvalue weighted by molar-refractivity contribution is -0.151. The van der Waals surface area contributed by atoms with Crippen LogP contribution in [-0.4, -0.2) is 25.2 Å². The molecule has 0 spiro atoms. The van der Waals surface area contributed by atoms with Crippen LogP contribution in [0, 0.1) is 0 Å². The van der Waals surface area contributed by atoms with Crippen molar-refractivity contribution in [2.45, 2.75) is 58.5 Å². The average Bonchev–Trinajstić information content (AvgIpc) is 2.28. The van der Waals surface area contributed by atoms with E-state index in [0.29, 0.717) is 6.61 Å². The van der Waals surface area contributed by atoms with E-state index in [1.54, 1.807) is 0 Å². The summed E-state index contributed by atoms with van der Waals surface area (Å²) >= 11 is 0. The standard InChI is InChI=1S/C12H21O4/c1-3-4-5-6-7-8-9-15-12(14)11(2)16-10-13/h11H,3-9H2,1-2H3. The van der Waals surface area contributed by atoms with Gasteiger partial charge in [0.05, 0.1) is 6.61 Å². The van der Waals surface area contributed by atoms with E-state index in [1.165, 1.54) is 39.1 Å². The number of carbonyl (C=O) groups is 1. The number of hydrogen-bond donors (Lipinski definition) is 0. The van der Waals surface area contributed by atoms with Crippen LogP contribution in [0.25, 0.3) is 0 Å². The van der Waals surface area contributed by atoms with Gasteiger partial charge in [0.1, 0.15) is 0 Å². The zero-order valence-electron chi connectivity index (χ0n) is 10.2. The van der Waals surface area contributed by atoms with Crippen LogP contribution in [0.2, 0.25) is 0 Å². The van der Waals surface area contributed by atoms with Crippen molar-refractivity contribution in [1.82, 2.24) is 0 Å². The molecule has 1 radical (unpaired) electrons. The van der Waals surface area contributed by atoms with E-state index in [9.17, 15) is 9.59 Å². The number of hydrogen-bond acceptors (Lipinski definition) is 4. The maximum Gasteiger partial charge on any atom is 0.418 e. The minimum absolute atomic E-state index is 0.400. The minimum atomic E-state index is -0.849. The lowest BCUT2D eigenvalue weighted by Crippen LogP contribution is -2.23. The molecular formula is C12H21O4. The van der Waals surface area contributed by atoms with Gasteiger partial charge in [-0.15, -0.1) is 0 Å². The Balaban J connectivity index is 3.30. The topological polar surface area (TPSA) is 52.6 Å². The summed E-state index contributed by atoms with van der Waals surface area (Å²) in [6, 6.07) is 0. The number of unbranched alkanes of at least 4 members (excludes halogenated alkanes) is 5. The molecule has 0 amide bonds. The van der Waals surface area contributed by atoms with Gasteiger partial charge >= 0.3 is 12.4 Å². The molecule has 0 aliphatic heterocycles. The van der Waals surface area contributed by atoms with E-state index in [1.807, 2.05) is 0 Å². The Kier molecular flexibility index (Phi) is 9.76. The van der Waals surface area contributed by atoms with Gasteiger partial charge in [-0.2, -0.15) is 0 Å². The summed E-state index contributed by atoms with van der Waals surface area (Å²) in [6.07, 6.45) is 6.00. The molecule has 1 unspecified atom stereocenters. The highest BCUT2D eigenvalue weighted by molar-refractivity contribution is 5.75. The zero-order chi connectivity index (χ0) is 12.2. The highest BCUT2D eigenvalue weighted by atomic mass is 16.6. The van der Waals surface area contributed by atoms with E-state index in [0.717, 1.165) is 12.8 Å². The fraction of sp³-hybridized carbons (Fsp3) is 0.833. The Labute approximate surface area is 97.3 Å². The predicted octanol–water partition coefficient (Wildman–Crippen LogP) is 2.36. The second-order valence-corrected chi connectivity index (χ2v) is 3.78. The number of ether oxygens (including phenoxy) is 2. The van der Waals surface area contributed by atoms with Crippen molar-refractivity contribution in [2.75, 3.05) is 6.61 Å². The maximum atomic E-state index is 11.1. The molecule has 0 saturated carbocycles. The van der Waals surface area contributed by atoms with Gasteiger partial charge in [0, 0.05) is 0 Å². The summed E-state index contributed by atoms with van der Waals surface area (Å²) in [6.45, 7) is 5.26. The summed E-state index contributed by atoms with van der Waals surface area (Å²) in [5.41, 5.74) is 0. The first-order valence-electron chi connectivity index (χ1n) is 5.91. The number of carbonyl (C=O) groups excluding carboxylic acids is 2. The third-order valence-electron chi connectivity index (χ3n) is 2.30. The first-order valence-corrected chi connectivity index (χ1v) is 5.91. The summed E-state index contributed by atoms with van der Waals surface area (Å²) in [4.78, 5) is 21.0. The van der Waals surface area contributed by atoms with Gasteiger partial charge in [-0.1, -0.05) is 39.0 Å². The van der Waals surface area contributed by atoms with Crippen molar-refractivity contribution < 1.29 is 19.1 Å². The van der Waals surface area contributed by atoms with Crippen LogP contribution >= 0.6 is 0 Å².